The second kappa shape index (κ2) is 3.52. The third-order valence-corrected chi connectivity index (χ3v) is 4.75. The molecule has 1 aliphatic rings. The van der Waals surface area contributed by atoms with Crippen LogP contribution in [0.15, 0.2) is 35.4 Å². The molecule has 1 aromatic heterocycles. The molecule has 0 saturated carbocycles. The first-order valence-electron chi connectivity index (χ1n) is 5.46. The summed E-state index contributed by atoms with van der Waals surface area (Å²) in [5, 5.41) is 0. The van der Waals surface area contributed by atoms with Crippen LogP contribution in [0.1, 0.15) is 5.56 Å². The van der Waals surface area contributed by atoms with E-state index >= 15 is 0 Å². The van der Waals surface area contributed by atoms with E-state index in [0.717, 1.165) is 11.1 Å². The molecule has 2 heterocycles. The van der Waals surface area contributed by atoms with E-state index in [9.17, 15) is 8.42 Å². The number of benzene rings is 1. The summed E-state index contributed by atoms with van der Waals surface area (Å²) < 4.78 is 25.9. The predicted molar refractivity (Wildman–Crippen MR) is 66.2 cm³/mol. The summed E-state index contributed by atoms with van der Waals surface area (Å²) in [6.07, 6.45) is 1.53. The molecule has 0 fully saturated rings. The fourth-order valence-electron chi connectivity index (χ4n) is 2.13. The van der Waals surface area contributed by atoms with Crippen LogP contribution in [0.2, 0.25) is 0 Å². The molecule has 0 saturated heterocycles. The first-order chi connectivity index (χ1) is 8.49. The van der Waals surface area contributed by atoms with Crippen molar-refractivity contribution in [2.24, 2.45) is 7.05 Å². The molecule has 0 bridgehead atoms. The summed E-state index contributed by atoms with van der Waals surface area (Å²) >= 11 is 0. The Morgan fingerprint density at radius 3 is 2.83 bits per heavy atom. The lowest BCUT2D eigenvalue weighted by Gasteiger charge is -2.16. The number of hydrogen-bond acceptors (Lipinski definition) is 4. The molecule has 0 atom stereocenters. The molecule has 0 unspecified atom stereocenters. The highest BCUT2D eigenvalue weighted by Crippen LogP contribution is 2.35. The third kappa shape index (κ3) is 1.49. The van der Waals surface area contributed by atoms with Crippen LogP contribution in [0.25, 0.3) is 11.3 Å². The summed E-state index contributed by atoms with van der Waals surface area (Å²) in [7, 11) is -1.65. The van der Waals surface area contributed by atoms with Gasteiger partial charge in [-0.15, -0.1) is 0 Å². The SMILES string of the molecule is C[n+]1cc2c(nc1N)-c1ccccc1CS2(=O)=O. The normalized spacial score (nSPS) is 15.8. The Bertz CT molecular complexity index is 754. The van der Waals surface area contributed by atoms with Gasteiger partial charge in [-0.2, -0.15) is 0 Å². The Kier molecular flexibility index (Phi) is 2.18. The van der Waals surface area contributed by atoms with E-state index in [4.69, 9.17) is 5.73 Å². The van der Waals surface area contributed by atoms with Crippen LogP contribution in [0.3, 0.4) is 0 Å². The number of aryl methyl sites for hydroxylation is 1. The average Bonchev–Trinajstić information content (AvgIpc) is 2.31. The second-order valence-electron chi connectivity index (χ2n) is 4.34. The molecule has 0 spiro atoms. The average molecular weight is 262 g/mol. The summed E-state index contributed by atoms with van der Waals surface area (Å²) in [5.74, 6) is 0.308. The van der Waals surface area contributed by atoms with Gasteiger partial charge in [0.15, 0.2) is 15.5 Å². The zero-order chi connectivity index (χ0) is 12.9. The molecule has 3 rings (SSSR count). The number of sulfone groups is 1. The molecule has 92 valence electrons. The Morgan fingerprint density at radius 2 is 2.06 bits per heavy atom. The zero-order valence-corrected chi connectivity index (χ0v) is 10.6. The van der Waals surface area contributed by atoms with E-state index in [-0.39, 0.29) is 10.6 Å². The molecule has 2 N–H and O–H groups in total. The summed E-state index contributed by atoms with van der Waals surface area (Å²) in [6.45, 7) is 0. The molecule has 0 aliphatic carbocycles. The lowest BCUT2D eigenvalue weighted by atomic mass is 10.1. The van der Waals surface area contributed by atoms with Crippen LogP contribution in [0.4, 0.5) is 5.95 Å². The summed E-state index contributed by atoms with van der Waals surface area (Å²) in [6, 6.07) is 7.37. The monoisotopic (exact) mass is 262 g/mol. The van der Waals surface area contributed by atoms with Crippen molar-refractivity contribution in [3.8, 4) is 11.3 Å². The Labute approximate surface area is 105 Å². The first-order valence-corrected chi connectivity index (χ1v) is 7.11. The molecule has 5 nitrogen and oxygen atoms in total. The van der Waals surface area contributed by atoms with Gasteiger partial charge in [0.1, 0.15) is 4.90 Å². The first kappa shape index (κ1) is 11.2. The molecule has 0 radical (unpaired) electrons. The number of nitrogen functional groups attached to an aromatic ring is 1. The molecule has 2 aromatic rings. The van der Waals surface area contributed by atoms with Gasteiger partial charge in [-0.3, -0.25) is 5.73 Å². The highest BCUT2D eigenvalue weighted by molar-refractivity contribution is 7.90. The van der Waals surface area contributed by atoms with Gasteiger partial charge in [0, 0.05) is 5.56 Å². The van der Waals surface area contributed by atoms with Crippen LogP contribution in [-0.4, -0.2) is 13.4 Å². The van der Waals surface area contributed by atoms with Gasteiger partial charge < -0.3 is 0 Å². The van der Waals surface area contributed by atoms with Crippen molar-refractivity contribution in [3.63, 3.8) is 0 Å². The fraction of sp³-hybridized carbons (Fsp3) is 0.167. The fourth-order valence-corrected chi connectivity index (χ4v) is 3.72. The van der Waals surface area contributed by atoms with Crippen LogP contribution in [0, 0.1) is 0 Å². The minimum atomic E-state index is -3.33. The van der Waals surface area contributed by atoms with Crippen molar-refractivity contribution in [2.75, 3.05) is 5.73 Å². The van der Waals surface area contributed by atoms with E-state index < -0.39 is 9.84 Å². The van der Waals surface area contributed by atoms with Gasteiger partial charge in [-0.1, -0.05) is 29.2 Å². The van der Waals surface area contributed by atoms with E-state index in [1.807, 2.05) is 18.2 Å². The lowest BCUT2D eigenvalue weighted by molar-refractivity contribution is -0.661. The lowest BCUT2D eigenvalue weighted by Crippen LogP contribution is -2.35. The topological polar surface area (TPSA) is 76.9 Å². The number of rotatable bonds is 0. The molecular weight excluding hydrogens is 250 g/mol. The van der Waals surface area contributed by atoms with Crippen molar-refractivity contribution in [3.05, 3.63) is 36.0 Å². The van der Waals surface area contributed by atoms with Gasteiger partial charge in [0.2, 0.25) is 0 Å². The maximum atomic E-state index is 12.2. The minimum Gasteiger partial charge on any atom is -0.287 e. The predicted octanol–water partition coefficient (Wildman–Crippen LogP) is 0.443. The van der Waals surface area contributed by atoms with Gasteiger partial charge in [0.25, 0.3) is 0 Å². The third-order valence-electron chi connectivity index (χ3n) is 3.09. The molecule has 1 aromatic carbocycles. The Balaban J connectivity index is 2.43. The van der Waals surface area contributed by atoms with Crippen molar-refractivity contribution < 1.29 is 13.0 Å². The van der Waals surface area contributed by atoms with Crippen LogP contribution in [0.5, 0.6) is 0 Å². The molecule has 0 amide bonds. The summed E-state index contributed by atoms with van der Waals surface area (Å²) in [5.41, 5.74) is 7.81. The van der Waals surface area contributed by atoms with Crippen LogP contribution < -0.4 is 10.3 Å². The van der Waals surface area contributed by atoms with Crippen molar-refractivity contribution in [1.29, 1.82) is 0 Å². The van der Waals surface area contributed by atoms with Crippen LogP contribution >= 0.6 is 0 Å². The largest absolute Gasteiger partial charge is 0.389 e. The van der Waals surface area contributed by atoms with Crippen molar-refractivity contribution >= 4 is 15.8 Å². The van der Waals surface area contributed by atoms with Gasteiger partial charge in [0.05, 0.1) is 19.0 Å². The number of aromatic nitrogens is 2. The second-order valence-corrected chi connectivity index (χ2v) is 6.30. The smallest absolute Gasteiger partial charge is 0.287 e. The molecular formula is C12H12N3O2S+. The van der Waals surface area contributed by atoms with Crippen molar-refractivity contribution in [2.45, 2.75) is 10.6 Å². The molecule has 18 heavy (non-hydrogen) atoms. The number of anilines is 1. The number of nitrogens with zero attached hydrogens (tertiary/aromatic N) is 2. The Hall–Kier alpha value is -1.95. The Morgan fingerprint density at radius 1 is 1.33 bits per heavy atom. The molecule has 6 heteroatoms. The van der Waals surface area contributed by atoms with Gasteiger partial charge in [-0.25, -0.2) is 13.0 Å². The minimum absolute atomic E-state index is 0.0156. The standard InChI is InChI=1S/C12H11N3O2S/c1-15-6-10-11(14-12(15)13)9-5-3-2-4-8(9)7-18(10,16)17/h2-6,13H,7H2,1H3/p+1. The maximum absolute atomic E-state index is 12.2. The van der Waals surface area contributed by atoms with E-state index in [1.54, 1.807) is 13.1 Å². The number of nitrogens with two attached hydrogens (primary N) is 1. The van der Waals surface area contributed by atoms with E-state index in [1.165, 1.54) is 10.8 Å². The highest BCUT2D eigenvalue weighted by atomic mass is 32.2. The van der Waals surface area contributed by atoms with Gasteiger partial charge >= 0.3 is 5.95 Å². The van der Waals surface area contributed by atoms with Crippen LogP contribution in [-0.2, 0) is 22.6 Å². The number of fused-ring (bicyclic) bond motifs is 3. The summed E-state index contributed by atoms with van der Waals surface area (Å²) in [4.78, 5) is 4.46. The van der Waals surface area contributed by atoms with Gasteiger partial charge in [-0.05, 0) is 5.56 Å². The maximum Gasteiger partial charge on any atom is 0.389 e. The quantitative estimate of drug-likeness (QED) is 0.699. The van der Waals surface area contributed by atoms with Crippen molar-refractivity contribution in [1.82, 2.24) is 4.98 Å². The van der Waals surface area contributed by atoms with E-state index in [2.05, 4.69) is 4.98 Å². The molecule has 1 aliphatic heterocycles. The zero-order valence-electron chi connectivity index (χ0n) is 9.79. The number of hydrogen-bond donors (Lipinski definition) is 1. The van der Waals surface area contributed by atoms with E-state index in [0.29, 0.717) is 11.6 Å². The highest BCUT2D eigenvalue weighted by Gasteiger charge is 2.32.